The molecule has 0 spiro atoms. The van der Waals surface area contributed by atoms with Gasteiger partial charge in [0.2, 0.25) is 0 Å². The zero-order chi connectivity index (χ0) is 24.2. The number of unbranched alkanes of at least 4 members (excludes halogenated alkanes) is 2. The van der Waals surface area contributed by atoms with Crippen LogP contribution in [0.4, 0.5) is 0 Å². The van der Waals surface area contributed by atoms with Crippen molar-refractivity contribution in [2.24, 2.45) is 16.5 Å². The minimum Gasteiger partial charge on any atom is -0.496 e. The minimum atomic E-state index is -0.345. The molecule has 9 heteroatoms. The number of nitrogens with two attached hydrogens (primary N) is 2. The van der Waals surface area contributed by atoms with Gasteiger partial charge in [-0.3, -0.25) is 9.56 Å². The number of hydrogen-bond donors (Lipinski definition) is 4. The smallest absolute Gasteiger partial charge is 0.354 e. The fourth-order valence-electron chi connectivity index (χ4n) is 3.33. The monoisotopic (exact) mass is 455 g/mol. The van der Waals surface area contributed by atoms with E-state index < -0.39 is 0 Å². The Balaban J connectivity index is 0.000000696. The molecule has 33 heavy (non-hydrogen) atoms. The van der Waals surface area contributed by atoms with Crippen molar-refractivity contribution in [3.8, 4) is 11.4 Å². The number of rotatable bonds is 10. The summed E-state index contributed by atoms with van der Waals surface area (Å²) < 4.78 is 7.03. The van der Waals surface area contributed by atoms with Gasteiger partial charge in [-0.15, -0.1) is 0 Å². The second-order valence-electron chi connectivity index (χ2n) is 7.84. The lowest BCUT2D eigenvalue weighted by Gasteiger charge is -2.12. The maximum atomic E-state index is 12.4. The highest BCUT2D eigenvalue weighted by atomic mass is 16.5. The zero-order valence-corrected chi connectivity index (χ0v) is 20.1. The van der Waals surface area contributed by atoms with Gasteiger partial charge in [-0.2, -0.15) is 4.98 Å². The Morgan fingerprint density at radius 1 is 1.21 bits per heavy atom. The van der Waals surface area contributed by atoms with E-state index in [4.69, 9.17) is 16.2 Å². The number of benzene rings is 1. The number of aliphatic imine (C=N–C) groups is 1. The molecular formula is C24H37N7O2. The lowest BCUT2D eigenvalue weighted by Crippen LogP contribution is -2.23. The first-order chi connectivity index (χ1) is 15.9. The Morgan fingerprint density at radius 3 is 2.61 bits per heavy atom. The van der Waals surface area contributed by atoms with Gasteiger partial charge < -0.3 is 26.5 Å². The van der Waals surface area contributed by atoms with E-state index >= 15 is 0 Å². The predicted molar refractivity (Wildman–Crippen MR) is 135 cm³/mol. The summed E-state index contributed by atoms with van der Waals surface area (Å²) in [7, 11) is 1.61. The van der Waals surface area contributed by atoms with E-state index in [1.165, 1.54) is 23.8 Å². The molecule has 3 rings (SSSR count). The molecule has 0 atom stereocenters. The largest absolute Gasteiger partial charge is 0.496 e. The number of ether oxygens (including phenoxy) is 1. The number of aryl methyl sites for hydroxylation is 1. The first-order valence-corrected chi connectivity index (χ1v) is 11.4. The second-order valence-corrected chi connectivity index (χ2v) is 7.84. The van der Waals surface area contributed by atoms with Crippen LogP contribution < -0.4 is 27.2 Å². The van der Waals surface area contributed by atoms with Crippen LogP contribution in [0.3, 0.4) is 0 Å². The number of fused-ring (bicyclic) bond motifs is 1. The average molecular weight is 456 g/mol. The first-order valence-electron chi connectivity index (χ1n) is 11.4. The second kappa shape index (κ2) is 13.3. The van der Waals surface area contributed by atoms with E-state index in [1.807, 2.05) is 31.2 Å². The van der Waals surface area contributed by atoms with Gasteiger partial charge in [0.1, 0.15) is 11.4 Å². The number of aromatic amines is 1. The van der Waals surface area contributed by atoms with Gasteiger partial charge in [0, 0.05) is 42.0 Å². The minimum absolute atomic E-state index is 0.106. The Labute approximate surface area is 195 Å². The highest BCUT2D eigenvalue weighted by Crippen LogP contribution is 2.22. The molecule has 180 valence electrons. The first kappa shape index (κ1) is 25.9. The van der Waals surface area contributed by atoms with Crippen molar-refractivity contribution in [1.82, 2.24) is 19.9 Å². The summed E-state index contributed by atoms with van der Waals surface area (Å²) >= 11 is 0. The van der Waals surface area contributed by atoms with Crippen LogP contribution in [0.25, 0.3) is 16.7 Å². The standard InChI is InChI=1S/C19H25N7O2.C5H12/c1-12-8-14-11-26(19(27)25-17(14)24-12)15-5-4-13(16(9-15)28-2)10-22-6-3-7-23-18(20)21;1-3-5-4-2/h4-5,8-9,11,22H,3,6-7,10H2,1-2H3,(H4,20,21,23)(H,24,25,27);3-5H2,1-2H3. The van der Waals surface area contributed by atoms with E-state index in [2.05, 4.69) is 34.1 Å². The molecule has 0 aliphatic heterocycles. The average Bonchev–Trinajstić information content (AvgIpc) is 3.15. The van der Waals surface area contributed by atoms with Gasteiger partial charge in [0.25, 0.3) is 0 Å². The van der Waals surface area contributed by atoms with Crippen molar-refractivity contribution in [2.45, 2.75) is 53.0 Å². The molecule has 3 aromatic rings. The molecule has 2 heterocycles. The van der Waals surface area contributed by atoms with E-state index in [1.54, 1.807) is 13.3 Å². The molecule has 9 nitrogen and oxygen atoms in total. The van der Waals surface area contributed by atoms with Gasteiger partial charge in [-0.1, -0.05) is 39.2 Å². The molecular weight excluding hydrogens is 418 g/mol. The van der Waals surface area contributed by atoms with Gasteiger partial charge in [-0.05, 0) is 32.0 Å². The Hall–Kier alpha value is -3.33. The van der Waals surface area contributed by atoms with Crippen LogP contribution >= 0.6 is 0 Å². The number of hydrogen-bond acceptors (Lipinski definition) is 5. The Bertz CT molecular complexity index is 1100. The molecule has 0 amide bonds. The fourth-order valence-corrected chi connectivity index (χ4v) is 3.33. The fraction of sp³-hybridized carbons (Fsp3) is 0.458. The summed E-state index contributed by atoms with van der Waals surface area (Å²) in [6, 6.07) is 7.62. The highest BCUT2D eigenvalue weighted by Gasteiger charge is 2.09. The summed E-state index contributed by atoms with van der Waals surface area (Å²) in [5.74, 6) is 0.807. The number of aromatic nitrogens is 3. The van der Waals surface area contributed by atoms with Crippen molar-refractivity contribution in [1.29, 1.82) is 0 Å². The maximum Gasteiger partial charge on any atom is 0.354 e. The summed E-state index contributed by atoms with van der Waals surface area (Å²) in [5, 5.41) is 4.21. The third-order valence-corrected chi connectivity index (χ3v) is 5.02. The van der Waals surface area contributed by atoms with Crippen molar-refractivity contribution in [3.63, 3.8) is 0 Å². The van der Waals surface area contributed by atoms with Crippen LogP contribution in [0.15, 0.2) is 40.2 Å². The van der Waals surface area contributed by atoms with Crippen LogP contribution in [0.1, 0.15) is 50.8 Å². The SMILES string of the molecule is CCCCC.COc1cc(-n2cc3cc(C)[nH]c3nc2=O)ccc1CNCCCN=C(N)N. The summed E-state index contributed by atoms with van der Waals surface area (Å²) in [5.41, 5.74) is 13.5. The molecule has 0 saturated carbocycles. The quantitative estimate of drug-likeness (QED) is 0.211. The Kier molecular flexibility index (Phi) is 10.4. The molecule has 0 fully saturated rings. The molecule has 0 bridgehead atoms. The third-order valence-electron chi connectivity index (χ3n) is 5.02. The molecule has 0 aliphatic rings. The van der Waals surface area contributed by atoms with Gasteiger partial charge in [0.05, 0.1) is 12.8 Å². The van der Waals surface area contributed by atoms with Crippen LogP contribution in [0.2, 0.25) is 0 Å². The van der Waals surface area contributed by atoms with Crippen molar-refractivity contribution in [2.75, 3.05) is 20.2 Å². The summed E-state index contributed by atoms with van der Waals surface area (Å²) in [4.78, 5) is 23.5. The molecule has 1 aromatic carbocycles. The van der Waals surface area contributed by atoms with Gasteiger partial charge in [-0.25, -0.2) is 4.79 Å². The highest BCUT2D eigenvalue weighted by molar-refractivity contribution is 5.76. The number of guanidine groups is 1. The van der Waals surface area contributed by atoms with Crippen LogP contribution in [0, 0.1) is 6.92 Å². The van der Waals surface area contributed by atoms with E-state index in [-0.39, 0.29) is 11.6 Å². The number of nitrogens with zero attached hydrogens (tertiary/aromatic N) is 3. The van der Waals surface area contributed by atoms with E-state index in [9.17, 15) is 4.79 Å². The van der Waals surface area contributed by atoms with Crippen molar-refractivity contribution >= 4 is 17.0 Å². The number of H-pyrrole nitrogens is 1. The predicted octanol–water partition coefficient (Wildman–Crippen LogP) is 2.98. The van der Waals surface area contributed by atoms with E-state index in [0.717, 1.165) is 29.6 Å². The molecule has 0 unspecified atom stereocenters. The van der Waals surface area contributed by atoms with Gasteiger partial charge >= 0.3 is 5.69 Å². The molecule has 2 aromatic heterocycles. The van der Waals surface area contributed by atoms with Crippen LogP contribution in [-0.4, -0.2) is 40.7 Å². The normalized spacial score (nSPS) is 10.5. The zero-order valence-electron chi connectivity index (χ0n) is 20.1. The van der Waals surface area contributed by atoms with Crippen molar-refractivity contribution in [3.05, 3.63) is 52.2 Å². The van der Waals surface area contributed by atoms with E-state index in [0.29, 0.717) is 30.2 Å². The third kappa shape index (κ3) is 7.94. The Morgan fingerprint density at radius 2 is 1.97 bits per heavy atom. The number of methoxy groups -OCH3 is 1. The van der Waals surface area contributed by atoms with Gasteiger partial charge in [0.15, 0.2) is 5.96 Å². The van der Waals surface area contributed by atoms with Crippen LogP contribution in [0.5, 0.6) is 5.75 Å². The molecule has 0 radical (unpaired) electrons. The van der Waals surface area contributed by atoms with Crippen LogP contribution in [-0.2, 0) is 6.54 Å². The summed E-state index contributed by atoms with van der Waals surface area (Å²) in [6.07, 6.45) is 6.69. The molecule has 0 aliphatic carbocycles. The number of nitrogens with one attached hydrogen (secondary N) is 2. The lowest BCUT2D eigenvalue weighted by molar-refractivity contribution is 0.407. The summed E-state index contributed by atoms with van der Waals surface area (Å²) in [6.45, 7) is 8.34. The maximum absolute atomic E-state index is 12.4. The van der Waals surface area contributed by atoms with Crippen molar-refractivity contribution < 1.29 is 4.74 Å². The molecule has 0 saturated heterocycles. The lowest BCUT2D eigenvalue weighted by atomic mass is 10.1. The molecule has 6 N–H and O–H groups in total. The topological polar surface area (TPSA) is 136 Å².